The summed E-state index contributed by atoms with van der Waals surface area (Å²) in [5.74, 6) is 0.735. The topological polar surface area (TPSA) is 64.3 Å². The molecule has 0 amide bonds. The first kappa shape index (κ1) is 14.4. The average molecular weight is 349 g/mol. The maximum atomic E-state index is 5.78. The Hall–Kier alpha value is -1.50. The van der Waals surface area contributed by atoms with E-state index in [0.29, 0.717) is 19.8 Å². The van der Waals surface area contributed by atoms with Crippen LogP contribution in [0.25, 0.3) is 11.3 Å². The third kappa shape index (κ3) is 3.40. The Balaban J connectivity index is 1.98. The van der Waals surface area contributed by atoms with Gasteiger partial charge in [-0.15, -0.1) is 0 Å². The highest BCUT2D eigenvalue weighted by molar-refractivity contribution is 9.10. The van der Waals surface area contributed by atoms with E-state index >= 15 is 0 Å². The van der Waals surface area contributed by atoms with Gasteiger partial charge in [0.25, 0.3) is 0 Å². The molecule has 0 atom stereocenters. The highest BCUT2D eigenvalue weighted by Crippen LogP contribution is 2.23. The van der Waals surface area contributed by atoms with E-state index in [-0.39, 0.29) is 0 Å². The van der Waals surface area contributed by atoms with Gasteiger partial charge < -0.3 is 15.4 Å². The average Bonchev–Trinajstić information content (AvgIpc) is 2.56. The summed E-state index contributed by atoms with van der Waals surface area (Å²) in [7, 11) is 0. The van der Waals surface area contributed by atoms with Gasteiger partial charge in [0.05, 0.1) is 24.6 Å². The van der Waals surface area contributed by atoms with Crippen LogP contribution in [-0.4, -0.2) is 36.3 Å². The predicted octanol–water partition coefficient (Wildman–Crippen LogP) is 2.20. The van der Waals surface area contributed by atoms with Crippen LogP contribution < -0.4 is 10.6 Å². The van der Waals surface area contributed by atoms with E-state index in [9.17, 15) is 0 Å². The Labute approximate surface area is 132 Å². The lowest BCUT2D eigenvalue weighted by Gasteiger charge is -2.27. The molecule has 0 spiro atoms. The monoisotopic (exact) mass is 348 g/mol. The second kappa shape index (κ2) is 6.51. The summed E-state index contributed by atoms with van der Waals surface area (Å²) in [5.41, 5.74) is 8.59. The molecule has 6 heteroatoms. The molecule has 2 heterocycles. The van der Waals surface area contributed by atoms with Crippen molar-refractivity contribution in [2.24, 2.45) is 5.73 Å². The quantitative estimate of drug-likeness (QED) is 0.920. The molecule has 0 saturated carbocycles. The minimum Gasteiger partial charge on any atom is -0.378 e. The molecule has 110 valence electrons. The highest BCUT2D eigenvalue weighted by atomic mass is 79.9. The molecule has 2 N–H and O–H groups in total. The maximum absolute atomic E-state index is 5.78. The van der Waals surface area contributed by atoms with Crippen LogP contribution in [0.1, 0.15) is 5.69 Å². The molecule has 1 saturated heterocycles. The first-order valence-corrected chi connectivity index (χ1v) is 7.72. The second-order valence-corrected chi connectivity index (χ2v) is 5.77. The fraction of sp³-hybridized carbons (Fsp3) is 0.333. The standard InChI is InChI=1S/C15H17BrN4O/c16-12-3-1-11(2-4-12)14-9-13(10-17)18-15(19-14)20-5-7-21-8-6-20/h1-4,9H,5-8,10,17H2. The highest BCUT2D eigenvalue weighted by Gasteiger charge is 2.16. The van der Waals surface area contributed by atoms with Crippen molar-refractivity contribution in [3.63, 3.8) is 0 Å². The minimum absolute atomic E-state index is 0.406. The van der Waals surface area contributed by atoms with E-state index in [1.54, 1.807) is 0 Å². The summed E-state index contributed by atoms with van der Waals surface area (Å²) in [4.78, 5) is 11.4. The SMILES string of the molecule is NCc1cc(-c2ccc(Br)cc2)nc(N2CCOCC2)n1. The zero-order valence-corrected chi connectivity index (χ0v) is 13.2. The molecule has 21 heavy (non-hydrogen) atoms. The molecule has 0 bridgehead atoms. The number of benzene rings is 1. The van der Waals surface area contributed by atoms with Gasteiger partial charge in [-0.05, 0) is 18.2 Å². The van der Waals surface area contributed by atoms with Gasteiger partial charge >= 0.3 is 0 Å². The van der Waals surface area contributed by atoms with E-state index < -0.39 is 0 Å². The van der Waals surface area contributed by atoms with Crippen molar-refractivity contribution in [1.82, 2.24) is 9.97 Å². The van der Waals surface area contributed by atoms with Crippen molar-refractivity contribution < 1.29 is 4.74 Å². The van der Waals surface area contributed by atoms with Crippen molar-refractivity contribution in [2.75, 3.05) is 31.2 Å². The molecule has 3 rings (SSSR count). The molecule has 1 aliphatic rings. The van der Waals surface area contributed by atoms with Crippen molar-refractivity contribution in [1.29, 1.82) is 0 Å². The summed E-state index contributed by atoms with van der Waals surface area (Å²) in [6, 6.07) is 10.0. The number of halogens is 1. The lowest BCUT2D eigenvalue weighted by Crippen LogP contribution is -2.37. The first-order valence-electron chi connectivity index (χ1n) is 6.93. The van der Waals surface area contributed by atoms with Crippen LogP contribution in [0.15, 0.2) is 34.8 Å². The number of hydrogen-bond donors (Lipinski definition) is 1. The number of rotatable bonds is 3. The normalized spacial score (nSPS) is 15.2. The smallest absolute Gasteiger partial charge is 0.226 e. The predicted molar refractivity (Wildman–Crippen MR) is 86.1 cm³/mol. The Kier molecular flexibility index (Phi) is 4.48. The van der Waals surface area contributed by atoms with Crippen molar-refractivity contribution in [3.8, 4) is 11.3 Å². The molecule has 1 aliphatic heterocycles. The summed E-state index contributed by atoms with van der Waals surface area (Å²) in [6.07, 6.45) is 0. The van der Waals surface area contributed by atoms with Crippen LogP contribution in [0.3, 0.4) is 0 Å². The first-order chi connectivity index (χ1) is 10.3. The third-order valence-electron chi connectivity index (χ3n) is 3.41. The van der Waals surface area contributed by atoms with Gasteiger partial charge in [0.15, 0.2) is 0 Å². The molecule has 1 aromatic heterocycles. The van der Waals surface area contributed by atoms with Gasteiger partial charge in [-0.25, -0.2) is 9.97 Å². The number of ether oxygens (including phenoxy) is 1. The van der Waals surface area contributed by atoms with Gasteiger partial charge in [-0.2, -0.15) is 0 Å². The lowest BCUT2D eigenvalue weighted by atomic mass is 10.1. The van der Waals surface area contributed by atoms with Crippen LogP contribution in [0.2, 0.25) is 0 Å². The minimum atomic E-state index is 0.406. The summed E-state index contributed by atoms with van der Waals surface area (Å²) < 4.78 is 6.43. The molecule has 2 aromatic rings. The van der Waals surface area contributed by atoms with Gasteiger partial charge in [0, 0.05) is 29.7 Å². The molecule has 0 radical (unpaired) electrons. The van der Waals surface area contributed by atoms with Crippen LogP contribution in [0, 0.1) is 0 Å². The van der Waals surface area contributed by atoms with Crippen molar-refractivity contribution >= 4 is 21.9 Å². The number of nitrogens with two attached hydrogens (primary N) is 1. The molecule has 1 aromatic carbocycles. The van der Waals surface area contributed by atoms with E-state index in [4.69, 9.17) is 15.5 Å². The van der Waals surface area contributed by atoms with Gasteiger partial charge in [-0.1, -0.05) is 28.1 Å². The maximum Gasteiger partial charge on any atom is 0.226 e. The van der Waals surface area contributed by atoms with Crippen LogP contribution in [0.4, 0.5) is 5.95 Å². The molecule has 5 nitrogen and oxygen atoms in total. The van der Waals surface area contributed by atoms with E-state index in [2.05, 4.69) is 25.8 Å². The van der Waals surface area contributed by atoms with Gasteiger partial charge in [0.1, 0.15) is 0 Å². The van der Waals surface area contributed by atoms with Crippen molar-refractivity contribution in [2.45, 2.75) is 6.54 Å². The molecule has 0 aliphatic carbocycles. The number of hydrogen-bond acceptors (Lipinski definition) is 5. The van der Waals surface area contributed by atoms with Crippen LogP contribution >= 0.6 is 15.9 Å². The zero-order chi connectivity index (χ0) is 14.7. The fourth-order valence-corrected chi connectivity index (χ4v) is 2.53. The van der Waals surface area contributed by atoms with Crippen molar-refractivity contribution in [3.05, 3.63) is 40.5 Å². The number of nitrogens with zero attached hydrogens (tertiary/aromatic N) is 3. The van der Waals surface area contributed by atoms with E-state index in [0.717, 1.165) is 40.5 Å². The number of anilines is 1. The molecule has 0 unspecified atom stereocenters. The van der Waals surface area contributed by atoms with E-state index in [1.807, 2.05) is 30.3 Å². The zero-order valence-electron chi connectivity index (χ0n) is 11.6. The van der Waals surface area contributed by atoms with Gasteiger partial charge in [0.2, 0.25) is 5.95 Å². The summed E-state index contributed by atoms with van der Waals surface area (Å²) in [5, 5.41) is 0. The largest absolute Gasteiger partial charge is 0.378 e. The third-order valence-corrected chi connectivity index (χ3v) is 3.94. The fourth-order valence-electron chi connectivity index (χ4n) is 2.26. The van der Waals surface area contributed by atoms with Gasteiger partial charge in [-0.3, -0.25) is 0 Å². The Morgan fingerprint density at radius 1 is 1.14 bits per heavy atom. The van der Waals surface area contributed by atoms with Crippen LogP contribution in [0.5, 0.6) is 0 Å². The molecule has 1 fully saturated rings. The van der Waals surface area contributed by atoms with Crippen LogP contribution in [-0.2, 0) is 11.3 Å². The molecular weight excluding hydrogens is 332 g/mol. The summed E-state index contributed by atoms with van der Waals surface area (Å²) >= 11 is 3.45. The Bertz CT molecular complexity index is 612. The second-order valence-electron chi connectivity index (χ2n) is 4.85. The Morgan fingerprint density at radius 2 is 1.86 bits per heavy atom. The number of morpholine rings is 1. The Morgan fingerprint density at radius 3 is 2.52 bits per heavy atom. The molecular formula is C15H17BrN4O. The van der Waals surface area contributed by atoms with E-state index in [1.165, 1.54) is 0 Å². The summed E-state index contributed by atoms with van der Waals surface area (Å²) in [6.45, 7) is 3.46. The number of aromatic nitrogens is 2. The lowest BCUT2D eigenvalue weighted by molar-refractivity contribution is 0.122.